The van der Waals surface area contributed by atoms with Crippen molar-refractivity contribution in [1.82, 2.24) is 0 Å². The number of aryl methyl sites for hydroxylation is 2. The molecule has 0 spiro atoms. The van der Waals surface area contributed by atoms with Crippen LogP contribution in [0.4, 0.5) is 0 Å². The highest BCUT2D eigenvalue weighted by molar-refractivity contribution is 9.09. The lowest BCUT2D eigenvalue weighted by atomic mass is 10.0. The van der Waals surface area contributed by atoms with E-state index >= 15 is 0 Å². The summed E-state index contributed by atoms with van der Waals surface area (Å²) in [5.41, 5.74) is 3.22. The van der Waals surface area contributed by atoms with Gasteiger partial charge in [0, 0.05) is 15.6 Å². The molecule has 0 N–H and O–H groups in total. The number of rotatable bonds is 2. The van der Waals surface area contributed by atoms with Gasteiger partial charge in [-0.05, 0) is 50.1 Å². The van der Waals surface area contributed by atoms with Gasteiger partial charge in [0.05, 0.1) is 4.83 Å². The molecule has 0 radical (unpaired) electrons. The summed E-state index contributed by atoms with van der Waals surface area (Å²) >= 11 is 16.0. The maximum absolute atomic E-state index is 6.23. The van der Waals surface area contributed by atoms with Crippen LogP contribution in [0.15, 0.2) is 22.6 Å². The predicted molar refractivity (Wildman–Crippen MR) is 80.2 cm³/mol. The summed E-state index contributed by atoms with van der Waals surface area (Å²) in [4.78, 5) is -0.0128. The number of benzene rings is 1. The molecule has 1 heterocycles. The second-order valence-corrected chi connectivity index (χ2v) is 6.04. The van der Waals surface area contributed by atoms with Gasteiger partial charge in [0.2, 0.25) is 0 Å². The minimum atomic E-state index is -0.0128. The first-order chi connectivity index (χ1) is 8.41. The molecular formula is C14H13BrCl2O. The lowest BCUT2D eigenvalue weighted by Crippen LogP contribution is -1.96. The van der Waals surface area contributed by atoms with Gasteiger partial charge in [-0.3, -0.25) is 0 Å². The van der Waals surface area contributed by atoms with Crippen LogP contribution < -0.4 is 0 Å². The van der Waals surface area contributed by atoms with Crippen molar-refractivity contribution in [1.29, 1.82) is 0 Å². The van der Waals surface area contributed by atoms with E-state index in [1.54, 1.807) is 6.07 Å². The van der Waals surface area contributed by atoms with E-state index in [1.807, 2.05) is 32.9 Å². The molecule has 0 saturated carbocycles. The van der Waals surface area contributed by atoms with E-state index in [9.17, 15) is 0 Å². The van der Waals surface area contributed by atoms with Crippen molar-refractivity contribution in [3.05, 3.63) is 56.5 Å². The minimum absolute atomic E-state index is 0.0128. The van der Waals surface area contributed by atoms with E-state index in [0.29, 0.717) is 10.0 Å². The number of furan rings is 1. The molecular weight excluding hydrogens is 335 g/mol. The van der Waals surface area contributed by atoms with Gasteiger partial charge in [-0.2, -0.15) is 0 Å². The molecule has 1 unspecified atom stereocenters. The molecule has 18 heavy (non-hydrogen) atoms. The van der Waals surface area contributed by atoms with Crippen LogP contribution in [0.1, 0.15) is 33.0 Å². The molecule has 0 bridgehead atoms. The molecule has 1 nitrogen and oxygen atoms in total. The maximum atomic E-state index is 6.23. The Morgan fingerprint density at radius 1 is 1.11 bits per heavy atom. The van der Waals surface area contributed by atoms with E-state index in [0.717, 1.165) is 28.2 Å². The number of hydrogen-bond donors (Lipinski definition) is 0. The first-order valence-corrected chi connectivity index (χ1v) is 7.24. The summed E-state index contributed by atoms with van der Waals surface area (Å²) in [6.45, 7) is 5.97. The predicted octanol–water partition coefficient (Wildman–Crippen LogP) is 6.00. The van der Waals surface area contributed by atoms with Crippen LogP contribution in [-0.4, -0.2) is 0 Å². The quantitative estimate of drug-likeness (QED) is 0.607. The Bertz CT molecular complexity index is 590. The van der Waals surface area contributed by atoms with Crippen LogP contribution in [-0.2, 0) is 0 Å². The Kier molecular flexibility index (Phi) is 4.10. The van der Waals surface area contributed by atoms with Gasteiger partial charge in [0.1, 0.15) is 11.5 Å². The van der Waals surface area contributed by atoms with Crippen molar-refractivity contribution in [2.24, 2.45) is 0 Å². The largest absolute Gasteiger partial charge is 0.466 e. The smallest absolute Gasteiger partial charge is 0.106 e. The third-order valence-electron chi connectivity index (χ3n) is 3.10. The van der Waals surface area contributed by atoms with Crippen molar-refractivity contribution in [2.75, 3.05) is 0 Å². The summed E-state index contributed by atoms with van der Waals surface area (Å²) < 4.78 is 5.65. The summed E-state index contributed by atoms with van der Waals surface area (Å²) in [5, 5.41) is 1.37. The van der Waals surface area contributed by atoms with E-state index in [2.05, 4.69) is 15.9 Å². The fourth-order valence-corrected chi connectivity index (χ4v) is 3.63. The van der Waals surface area contributed by atoms with E-state index in [4.69, 9.17) is 27.6 Å². The van der Waals surface area contributed by atoms with Crippen molar-refractivity contribution < 1.29 is 4.42 Å². The molecule has 1 aromatic heterocycles. The zero-order valence-corrected chi connectivity index (χ0v) is 13.4. The maximum Gasteiger partial charge on any atom is 0.106 e. The molecule has 0 fully saturated rings. The van der Waals surface area contributed by atoms with Crippen molar-refractivity contribution in [3.63, 3.8) is 0 Å². The van der Waals surface area contributed by atoms with E-state index < -0.39 is 0 Å². The fourth-order valence-electron chi connectivity index (χ4n) is 2.05. The van der Waals surface area contributed by atoms with Gasteiger partial charge in [0.15, 0.2) is 0 Å². The zero-order valence-electron chi connectivity index (χ0n) is 10.4. The Balaban J connectivity index is 2.54. The van der Waals surface area contributed by atoms with Crippen LogP contribution in [0, 0.1) is 20.8 Å². The molecule has 1 atom stereocenters. The molecule has 4 heteroatoms. The lowest BCUT2D eigenvalue weighted by molar-refractivity contribution is 0.500. The third-order valence-corrected chi connectivity index (χ3v) is 4.63. The standard InChI is InChI=1S/C14H13BrCl2O/c1-7-8(2)18-9(3)13(7)14(15)11-6-10(16)4-5-12(11)17/h4-6,14H,1-3H3. The second kappa shape index (κ2) is 5.28. The molecule has 0 aliphatic heterocycles. The minimum Gasteiger partial charge on any atom is -0.466 e. The van der Waals surface area contributed by atoms with Gasteiger partial charge in [0.25, 0.3) is 0 Å². The zero-order chi connectivity index (χ0) is 13.4. The summed E-state index contributed by atoms with van der Waals surface area (Å²) in [6.07, 6.45) is 0. The van der Waals surface area contributed by atoms with E-state index in [1.165, 1.54) is 0 Å². The van der Waals surface area contributed by atoms with Gasteiger partial charge in [-0.1, -0.05) is 39.1 Å². The van der Waals surface area contributed by atoms with Crippen LogP contribution in [0.5, 0.6) is 0 Å². The Labute approximate surface area is 125 Å². The van der Waals surface area contributed by atoms with Gasteiger partial charge >= 0.3 is 0 Å². The normalized spacial score (nSPS) is 12.8. The third kappa shape index (κ3) is 2.47. The summed E-state index contributed by atoms with van der Waals surface area (Å²) in [7, 11) is 0. The molecule has 0 aliphatic carbocycles. The highest BCUT2D eigenvalue weighted by Crippen LogP contribution is 2.40. The van der Waals surface area contributed by atoms with Crippen molar-refractivity contribution >= 4 is 39.1 Å². The van der Waals surface area contributed by atoms with Gasteiger partial charge in [-0.25, -0.2) is 0 Å². The average Bonchev–Trinajstić information content (AvgIpc) is 2.56. The molecule has 0 aliphatic rings. The Hall–Kier alpha value is -0.440. The highest BCUT2D eigenvalue weighted by Gasteiger charge is 2.22. The van der Waals surface area contributed by atoms with Crippen molar-refractivity contribution in [2.45, 2.75) is 25.6 Å². The number of halogens is 3. The van der Waals surface area contributed by atoms with E-state index in [-0.39, 0.29) is 4.83 Å². The number of alkyl halides is 1. The van der Waals surface area contributed by atoms with Crippen molar-refractivity contribution in [3.8, 4) is 0 Å². The fraction of sp³-hybridized carbons (Fsp3) is 0.286. The first kappa shape index (κ1) is 14.0. The van der Waals surface area contributed by atoms with Crippen LogP contribution in [0.25, 0.3) is 0 Å². The Morgan fingerprint density at radius 2 is 1.78 bits per heavy atom. The monoisotopic (exact) mass is 346 g/mol. The summed E-state index contributed by atoms with van der Waals surface area (Å²) in [5.74, 6) is 1.84. The molecule has 0 saturated heterocycles. The molecule has 0 amide bonds. The first-order valence-electron chi connectivity index (χ1n) is 5.57. The molecule has 2 rings (SSSR count). The van der Waals surface area contributed by atoms with Crippen LogP contribution in [0.2, 0.25) is 10.0 Å². The molecule has 2 aromatic rings. The molecule has 96 valence electrons. The highest BCUT2D eigenvalue weighted by atomic mass is 79.9. The topological polar surface area (TPSA) is 13.1 Å². The van der Waals surface area contributed by atoms with Crippen LogP contribution in [0.3, 0.4) is 0 Å². The lowest BCUT2D eigenvalue weighted by Gasteiger charge is -2.13. The van der Waals surface area contributed by atoms with Gasteiger partial charge in [-0.15, -0.1) is 0 Å². The SMILES string of the molecule is Cc1oc(C)c(C(Br)c2cc(Cl)ccc2Cl)c1C. The van der Waals surface area contributed by atoms with Gasteiger partial charge < -0.3 is 4.42 Å². The second-order valence-electron chi connectivity index (χ2n) is 4.28. The number of hydrogen-bond acceptors (Lipinski definition) is 1. The molecule has 1 aromatic carbocycles. The summed E-state index contributed by atoms with van der Waals surface area (Å²) in [6, 6.07) is 5.48. The average molecular weight is 348 g/mol. The van der Waals surface area contributed by atoms with Crippen LogP contribution >= 0.6 is 39.1 Å². The Morgan fingerprint density at radius 3 is 2.33 bits per heavy atom.